The van der Waals surface area contributed by atoms with Crippen LogP contribution in [0, 0.1) is 29.4 Å². The van der Waals surface area contributed by atoms with E-state index in [0.29, 0.717) is 62.6 Å². The minimum atomic E-state index is -0.758. The molecule has 5 heterocycles. The fraction of sp³-hybridized carbons (Fsp3) is 0.512. The molecule has 0 spiro atoms. The molecule has 0 radical (unpaired) electrons. The van der Waals surface area contributed by atoms with Crippen LogP contribution in [0.4, 0.5) is 19.4 Å². The Kier molecular flexibility index (Phi) is 9.46. The number of aromatic hydroxyl groups is 1. The van der Waals surface area contributed by atoms with Crippen LogP contribution in [0.3, 0.4) is 0 Å². The van der Waals surface area contributed by atoms with Crippen molar-refractivity contribution in [3.8, 4) is 35.4 Å². The van der Waals surface area contributed by atoms with Crippen molar-refractivity contribution in [2.75, 3.05) is 57.4 Å². The average Bonchev–Trinajstić information content (AvgIpc) is 3.36. The zero-order chi connectivity index (χ0) is 37.8. The summed E-state index contributed by atoms with van der Waals surface area (Å²) < 4.78 is 49.8. The maximum atomic E-state index is 17.0. The van der Waals surface area contributed by atoms with Crippen molar-refractivity contribution >= 4 is 33.6 Å². The number of amides is 1. The number of hydrogen-bond acceptors (Lipinski definition) is 10. The number of rotatable bonds is 6. The fourth-order valence-corrected chi connectivity index (χ4v) is 8.95. The molecule has 4 aromatic rings. The van der Waals surface area contributed by atoms with Crippen LogP contribution in [0.1, 0.15) is 64.9 Å². The van der Waals surface area contributed by atoms with Crippen LogP contribution >= 0.6 is 0 Å². The van der Waals surface area contributed by atoms with Crippen molar-refractivity contribution in [3.63, 3.8) is 0 Å². The number of halogens is 2. The van der Waals surface area contributed by atoms with Crippen LogP contribution in [0.25, 0.3) is 32.9 Å². The summed E-state index contributed by atoms with van der Waals surface area (Å²) in [6, 6.07) is 6.11. The topological polar surface area (TPSA) is 113 Å². The summed E-state index contributed by atoms with van der Waals surface area (Å²) in [5, 5.41) is 11.7. The number of aromatic nitrogens is 3. The molecule has 4 aliphatic rings. The molecular formula is C41H46F2N6O5. The van der Waals surface area contributed by atoms with E-state index in [-0.39, 0.29) is 63.1 Å². The Morgan fingerprint density at radius 3 is 2.70 bits per heavy atom. The summed E-state index contributed by atoms with van der Waals surface area (Å²) in [7, 11) is 0. The van der Waals surface area contributed by atoms with Gasteiger partial charge in [0.05, 0.1) is 24.2 Å². The number of fused-ring (bicyclic) bond motifs is 3. The molecule has 2 atom stereocenters. The SMILES string of the molecule is C#Cc1c(F)ccc2cc(O)cc(-c3ncc4c(N5CCCOCC5)nc(OC[C@]56CCC[C@H]5N(C5CN(C(=O)OC(C)(C)C)C5)CCC6)nc4c3F)c12. The third-order valence-corrected chi connectivity index (χ3v) is 11.4. The second kappa shape index (κ2) is 14.1. The highest BCUT2D eigenvalue weighted by Crippen LogP contribution is 2.49. The molecule has 1 N–H and O–H groups in total. The quantitative estimate of drug-likeness (QED) is 0.215. The van der Waals surface area contributed by atoms with E-state index < -0.39 is 17.2 Å². The van der Waals surface area contributed by atoms with Gasteiger partial charge in [-0.3, -0.25) is 9.88 Å². The Bertz CT molecular complexity index is 2140. The van der Waals surface area contributed by atoms with Gasteiger partial charge in [0.2, 0.25) is 0 Å². The Balaban J connectivity index is 1.13. The lowest BCUT2D eigenvalue weighted by molar-refractivity contribution is -0.0685. The molecule has 54 heavy (non-hydrogen) atoms. The summed E-state index contributed by atoms with van der Waals surface area (Å²) in [6.07, 6.45) is 12.8. The third kappa shape index (κ3) is 6.64. The van der Waals surface area contributed by atoms with Gasteiger partial charge in [0.1, 0.15) is 34.2 Å². The zero-order valence-electron chi connectivity index (χ0n) is 31.0. The number of ether oxygens (including phenoxy) is 3. The summed E-state index contributed by atoms with van der Waals surface area (Å²) in [5.74, 6) is 1.36. The highest BCUT2D eigenvalue weighted by atomic mass is 19.1. The van der Waals surface area contributed by atoms with Gasteiger partial charge >= 0.3 is 12.1 Å². The maximum Gasteiger partial charge on any atom is 0.410 e. The summed E-state index contributed by atoms with van der Waals surface area (Å²) in [4.78, 5) is 33.2. The van der Waals surface area contributed by atoms with Gasteiger partial charge in [-0.1, -0.05) is 18.4 Å². The van der Waals surface area contributed by atoms with Crippen molar-refractivity contribution in [1.29, 1.82) is 0 Å². The van der Waals surface area contributed by atoms with Crippen molar-refractivity contribution in [3.05, 3.63) is 47.7 Å². The largest absolute Gasteiger partial charge is 0.508 e. The van der Waals surface area contributed by atoms with Crippen LogP contribution in [0.15, 0.2) is 30.5 Å². The van der Waals surface area contributed by atoms with Crippen LogP contribution in [0.5, 0.6) is 11.8 Å². The highest BCUT2D eigenvalue weighted by Gasteiger charge is 2.52. The molecule has 3 aliphatic heterocycles. The molecule has 11 nitrogen and oxygen atoms in total. The number of phenolic OH excluding ortho intramolecular Hbond substituents is 1. The number of anilines is 1. The lowest BCUT2D eigenvalue weighted by Gasteiger charge is -2.53. The molecule has 4 fully saturated rings. The number of carbonyl (C=O) groups is 1. The van der Waals surface area contributed by atoms with Crippen LogP contribution in [-0.4, -0.2) is 106 Å². The standard InChI is InChI=1S/C41H46F2N6O5/c1-5-28-31(42)11-10-25-19-27(50)20-29(33(25)28)35-34(43)36-30(21-44-35)37(47-14-8-17-52-18-16-47)46-38(45-36)53-24-41-12-6-9-32(41)49(15-7-13-41)26-22-48(23-26)39(51)54-40(2,3)4/h1,10-11,19-21,26,32,50H,6-9,12-18,22-24H2,2-4H3/t32-,41-/m1/s1. The summed E-state index contributed by atoms with van der Waals surface area (Å²) in [5.41, 5.74) is -0.702. The van der Waals surface area contributed by atoms with E-state index in [1.54, 1.807) is 4.90 Å². The molecule has 8 rings (SSSR count). The van der Waals surface area contributed by atoms with E-state index in [9.17, 15) is 14.3 Å². The van der Waals surface area contributed by atoms with Crippen LogP contribution in [0.2, 0.25) is 0 Å². The first-order chi connectivity index (χ1) is 25.9. The van der Waals surface area contributed by atoms with E-state index in [0.717, 1.165) is 45.1 Å². The minimum absolute atomic E-state index is 0.00256. The van der Waals surface area contributed by atoms with Gasteiger partial charge in [0.15, 0.2) is 5.82 Å². The number of likely N-dealkylation sites (tertiary alicyclic amines) is 2. The molecule has 2 aromatic heterocycles. The molecule has 1 saturated carbocycles. The van der Waals surface area contributed by atoms with Gasteiger partial charge in [0, 0.05) is 67.4 Å². The van der Waals surface area contributed by atoms with E-state index in [2.05, 4.69) is 20.8 Å². The smallest absolute Gasteiger partial charge is 0.410 e. The molecule has 284 valence electrons. The van der Waals surface area contributed by atoms with E-state index in [1.165, 1.54) is 30.5 Å². The predicted molar refractivity (Wildman–Crippen MR) is 201 cm³/mol. The first-order valence-electron chi connectivity index (χ1n) is 18.9. The van der Waals surface area contributed by atoms with Crippen LogP contribution in [-0.2, 0) is 9.47 Å². The molecule has 1 amide bonds. The number of phenols is 1. The van der Waals surface area contributed by atoms with Gasteiger partial charge in [-0.15, -0.1) is 6.42 Å². The second-order valence-corrected chi connectivity index (χ2v) is 16.1. The molecule has 3 saturated heterocycles. The predicted octanol–water partition coefficient (Wildman–Crippen LogP) is 6.67. The number of hydrogen-bond donors (Lipinski definition) is 1. The average molecular weight is 741 g/mol. The summed E-state index contributed by atoms with van der Waals surface area (Å²) >= 11 is 0. The van der Waals surface area contributed by atoms with Crippen LogP contribution < -0.4 is 9.64 Å². The molecule has 0 unspecified atom stereocenters. The van der Waals surface area contributed by atoms with Crippen molar-refractivity contribution in [2.24, 2.45) is 5.41 Å². The molecule has 1 aliphatic carbocycles. The van der Waals surface area contributed by atoms with Gasteiger partial charge in [-0.2, -0.15) is 9.97 Å². The number of terminal acetylenes is 1. The monoisotopic (exact) mass is 740 g/mol. The first-order valence-corrected chi connectivity index (χ1v) is 18.9. The third-order valence-electron chi connectivity index (χ3n) is 11.4. The fourth-order valence-electron chi connectivity index (χ4n) is 8.95. The van der Waals surface area contributed by atoms with Crippen molar-refractivity contribution in [2.45, 2.75) is 77.0 Å². The van der Waals surface area contributed by atoms with Crippen molar-refractivity contribution < 1.29 is 32.9 Å². The molecular weight excluding hydrogens is 694 g/mol. The first kappa shape index (κ1) is 36.2. The lowest BCUT2D eigenvalue weighted by Crippen LogP contribution is -2.66. The Morgan fingerprint density at radius 2 is 1.91 bits per heavy atom. The van der Waals surface area contributed by atoms with Gasteiger partial charge in [-0.05, 0) is 83.0 Å². The number of benzene rings is 2. The molecule has 13 heteroatoms. The van der Waals surface area contributed by atoms with E-state index in [4.69, 9.17) is 25.6 Å². The normalized spacial score (nSPS) is 22.5. The van der Waals surface area contributed by atoms with Gasteiger partial charge in [0.25, 0.3) is 0 Å². The zero-order valence-corrected chi connectivity index (χ0v) is 31.0. The second-order valence-electron chi connectivity index (χ2n) is 16.1. The Labute approximate surface area is 313 Å². The highest BCUT2D eigenvalue weighted by molar-refractivity contribution is 6.03. The number of nitrogens with zero attached hydrogens (tertiary/aromatic N) is 6. The molecule has 0 bridgehead atoms. The summed E-state index contributed by atoms with van der Waals surface area (Å²) in [6.45, 7) is 10.5. The number of carbonyl (C=O) groups excluding carboxylic acids is 1. The molecule has 2 aromatic carbocycles. The number of piperidine rings is 1. The number of pyridine rings is 1. The van der Waals surface area contributed by atoms with Gasteiger partial charge < -0.3 is 29.1 Å². The Morgan fingerprint density at radius 1 is 1.09 bits per heavy atom. The van der Waals surface area contributed by atoms with E-state index in [1.807, 2.05) is 25.7 Å². The lowest BCUT2D eigenvalue weighted by atomic mass is 9.74. The minimum Gasteiger partial charge on any atom is -0.508 e. The Hall–Kier alpha value is -4.80. The van der Waals surface area contributed by atoms with Gasteiger partial charge in [-0.25, -0.2) is 13.6 Å². The van der Waals surface area contributed by atoms with E-state index >= 15 is 4.39 Å². The van der Waals surface area contributed by atoms with Crippen molar-refractivity contribution in [1.82, 2.24) is 24.8 Å². The maximum absolute atomic E-state index is 17.0.